The van der Waals surface area contributed by atoms with Crippen LogP contribution in [0, 0.1) is 0 Å². The summed E-state index contributed by atoms with van der Waals surface area (Å²) in [4.78, 5) is 12.9. The normalized spacial score (nSPS) is 21.6. The minimum atomic E-state index is -0.0799. The molecular weight excluding hydrogens is 142 g/mol. The van der Waals surface area contributed by atoms with Crippen LogP contribution < -0.4 is 0 Å². The third kappa shape index (κ3) is 1.19. The second-order valence-corrected chi connectivity index (χ2v) is 2.18. The Morgan fingerprint density at radius 3 is 3.18 bits per heavy atom. The molecule has 55 valence electrons. The van der Waals surface area contributed by atoms with Gasteiger partial charge in [-0.05, 0) is 0 Å². The summed E-state index contributed by atoms with van der Waals surface area (Å²) in [6, 6.07) is 0. The van der Waals surface area contributed by atoms with Crippen LogP contribution in [-0.2, 0) is 4.84 Å². The first-order valence-corrected chi connectivity index (χ1v) is 3.31. The van der Waals surface area contributed by atoms with Crippen molar-refractivity contribution in [2.24, 2.45) is 5.16 Å². The van der Waals surface area contributed by atoms with Gasteiger partial charge in [0.15, 0.2) is 6.10 Å². The minimum absolute atomic E-state index is 0.0799. The highest BCUT2D eigenvalue weighted by atomic mass is 16.6. The number of hydrogen-bond donors (Lipinski definition) is 0. The van der Waals surface area contributed by atoms with E-state index in [9.17, 15) is 0 Å². The van der Waals surface area contributed by atoms with Crippen LogP contribution in [0.3, 0.4) is 0 Å². The zero-order valence-electron chi connectivity index (χ0n) is 5.77. The van der Waals surface area contributed by atoms with E-state index in [0.29, 0.717) is 6.42 Å². The molecule has 0 fully saturated rings. The summed E-state index contributed by atoms with van der Waals surface area (Å²) in [6.07, 6.45) is 8.23. The summed E-state index contributed by atoms with van der Waals surface area (Å²) < 4.78 is 0. The van der Waals surface area contributed by atoms with Gasteiger partial charge in [-0.1, -0.05) is 5.16 Å². The second kappa shape index (κ2) is 2.65. The number of hydrogen-bond acceptors (Lipinski definition) is 4. The molecule has 1 unspecified atom stereocenters. The Bertz CT molecular complexity index is 252. The van der Waals surface area contributed by atoms with Crippen molar-refractivity contribution >= 4 is 6.21 Å². The molecule has 0 saturated heterocycles. The molecule has 0 bridgehead atoms. The molecule has 2 heterocycles. The first-order valence-electron chi connectivity index (χ1n) is 3.31. The first kappa shape index (κ1) is 6.27. The Labute approximate surface area is 63.9 Å². The molecule has 1 aromatic rings. The average Bonchev–Trinajstić information content (AvgIpc) is 2.58. The topological polar surface area (TPSA) is 47.4 Å². The van der Waals surface area contributed by atoms with Gasteiger partial charge in [-0.25, -0.2) is 0 Å². The van der Waals surface area contributed by atoms with Gasteiger partial charge in [0.2, 0.25) is 0 Å². The largest absolute Gasteiger partial charge is 0.385 e. The fourth-order valence-electron chi connectivity index (χ4n) is 0.894. The fourth-order valence-corrected chi connectivity index (χ4v) is 0.894. The molecule has 11 heavy (non-hydrogen) atoms. The van der Waals surface area contributed by atoms with E-state index in [0.717, 1.165) is 5.69 Å². The van der Waals surface area contributed by atoms with E-state index in [4.69, 9.17) is 4.84 Å². The molecule has 2 rings (SSSR count). The van der Waals surface area contributed by atoms with Gasteiger partial charge in [0.05, 0.1) is 6.20 Å². The molecule has 1 aliphatic rings. The Hall–Kier alpha value is -1.45. The van der Waals surface area contributed by atoms with Gasteiger partial charge in [0.25, 0.3) is 0 Å². The van der Waals surface area contributed by atoms with Gasteiger partial charge in [-0.3, -0.25) is 9.97 Å². The number of nitrogens with zero attached hydrogens (tertiary/aromatic N) is 3. The SMILES string of the molecule is [C]1=NOC(c2cnccn2)C1. The molecular formula is C7H6N3O. The smallest absolute Gasteiger partial charge is 0.176 e. The lowest BCUT2D eigenvalue weighted by Crippen LogP contribution is -1.98. The molecule has 1 aliphatic heterocycles. The summed E-state index contributed by atoms with van der Waals surface area (Å²) in [5, 5.41) is 3.52. The lowest BCUT2D eigenvalue weighted by atomic mass is 10.2. The quantitative estimate of drug-likeness (QED) is 0.591. The van der Waals surface area contributed by atoms with Crippen molar-refractivity contribution in [1.82, 2.24) is 9.97 Å². The Balaban J connectivity index is 2.17. The third-order valence-electron chi connectivity index (χ3n) is 1.43. The fraction of sp³-hybridized carbons (Fsp3) is 0.286. The minimum Gasteiger partial charge on any atom is -0.385 e. The molecule has 1 radical (unpaired) electrons. The number of aromatic nitrogens is 2. The van der Waals surface area contributed by atoms with Gasteiger partial charge >= 0.3 is 0 Å². The first-order chi connectivity index (χ1) is 5.47. The maximum absolute atomic E-state index is 4.95. The van der Waals surface area contributed by atoms with E-state index < -0.39 is 0 Å². The highest BCUT2D eigenvalue weighted by molar-refractivity contribution is 5.58. The van der Waals surface area contributed by atoms with E-state index in [-0.39, 0.29) is 6.10 Å². The summed E-state index contributed by atoms with van der Waals surface area (Å²) in [5.74, 6) is 0. The lowest BCUT2D eigenvalue weighted by molar-refractivity contribution is 0.0823. The Morgan fingerprint density at radius 1 is 1.55 bits per heavy atom. The molecule has 1 atom stereocenters. The Morgan fingerprint density at radius 2 is 2.55 bits per heavy atom. The van der Waals surface area contributed by atoms with Crippen molar-refractivity contribution in [2.45, 2.75) is 12.5 Å². The van der Waals surface area contributed by atoms with Crippen molar-refractivity contribution in [3.63, 3.8) is 0 Å². The van der Waals surface area contributed by atoms with E-state index >= 15 is 0 Å². The van der Waals surface area contributed by atoms with Crippen LogP contribution in [0.4, 0.5) is 0 Å². The molecule has 0 spiro atoms. The van der Waals surface area contributed by atoms with Crippen LogP contribution in [0.2, 0.25) is 0 Å². The van der Waals surface area contributed by atoms with Crippen molar-refractivity contribution < 1.29 is 4.84 Å². The van der Waals surface area contributed by atoms with Crippen molar-refractivity contribution in [2.75, 3.05) is 0 Å². The van der Waals surface area contributed by atoms with Crippen LogP contribution in [0.5, 0.6) is 0 Å². The second-order valence-electron chi connectivity index (χ2n) is 2.18. The van der Waals surface area contributed by atoms with Crippen LogP contribution in [0.25, 0.3) is 0 Å². The van der Waals surface area contributed by atoms with Gasteiger partial charge in [-0.15, -0.1) is 0 Å². The third-order valence-corrected chi connectivity index (χ3v) is 1.43. The predicted molar refractivity (Wildman–Crippen MR) is 37.9 cm³/mol. The predicted octanol–water partition coefficient (Wildman–Crippen LogP) is 0.801. The van der Waals surface area contributed by atoms with E-state index in [2.05, 4.69) is 21.3 Å². The standard InChI is InChI=1S/C7H6N3O/c1-2-10-11-7(1)6-5-8-3-4-9-6/h3-5,7H,1H2. The van der Waals surface area contributed by atoms with Crippen LogP contribution in [0.1, 0.15) is 18.2 Å². The van der Waals surface area contributed by atoms with E-state index in [1.807, 2.05) is 0 Å². The van der Waals surface area contributed by atoms with Gasteiger partial charge in [-0.2, -0.15) is 0 Å². The molecule has 0 N–H and O–H groups in total. The number of rotatable bonds is 1. The van der Waals surface area contributed by atoms with Crippen molar-refractivity contribution in [1.29, 1.82) is 0 Å². The zero-order valence-corrected chi connectivity index (χ0v) is 5.77. The van der Waals surface area contributed by atoms with Gasteiger partial charge < -0.3 is 4.84 Å². The summed E-state index contributed by atoms with van der Waals surface area (Å²) in [5.41, 5.74) is 0.807. The molecule has 0 amide bonds. The molecule has 0 saturated carbocycles. The highest BCUT2D eigenvalue weighted by Gasteiger charge is 2.17. The van der Waals surface area contributed by atoms with Crippen LogP contribution in [-0.4, -0.2) is 16.2 Å². The van der Waals surface area contributed by atoms with Crippen molar-refractivity contribution in [3.05, 3.63) is 24.3 Å². The maximum atomic E-state index is 4.95. The summed E-state index contributed by atoms with van der Waals surface area (Å²) in [6.45, 7) is 0. The summed E-state index contributed by atoms with van der Waals surface area (Å²) >= 11 is 0. The molecule has 0 aliphatic carbocycles. The van der Waals surface area contributed by atoms with Gasteiger partial charge in [0, 0.05) is 18.8 Å². The monoisotopic (exact) mass is 148 g/mol. The average molecular weight is 148 g/mol. The molecule has 0 aromatic carbocycles. The van der Waals surface area contributed by atoms with E-state index in [1.165, 1.54) is 0 Å². The van der Waals surface area contributed by atoms with E-state index in [1.54, 1.807) is 18.6 Å². The zero-order chi connectivity index (χ0) is 7.52. The van der Waals surface area contributed by atoms with Gasteiger partial charge in [0.1, 0.15) is 11.9 Å². The van der Waals surface area contributed by atoms with Crippen LogP contribution in [0.15, 0.2) is 23.7 Å². The lowest BCUT2D eigenvalue weighted by Gasteiger charge is -2.04. The Kier molecular flexibility index (Phi) is 1.51. The molecule has 4 nitrogen and oxygen atoms in total. The van der Waals surface area contributed by atoms with Crippen LogP contribution >= 0.6 is 0 Å². The molecule has 1 aromatic heterocycles. The highest BCUT2D eigenvalue weighted by Crippen LogP contribution is 2.20. The van der Waals surface area contributed by atoms with Crippen molar-refractivity contribution in [3.8, 4) is 0 Å². The molecule has 4 heteroatoms. The maximum Gasteiger partial charge on any atom is 0.176 e. The summed E-state index contributed by atoms with van der Waals surface area (Å²) in [7, 11) is 0.